The summed E-state index contributed by atoms with van der Waals surface area (Å²) in [5.74, 6) is 0.116. The van der Waals surface area contributed by atoms with Gasteiger partial charge in [0.05, 0.1) is 0 Å². The normalized spacial score (nSPS) is 10.3. The van der Waals surface area contributed by atoms with E-state index in [-0.39, 0.29) is 18.0 Å². The van der Waals surface area contributed by atoms with E-state index in [1.54, 1.807) is 0 Å². The van der Waals surface area contributed by atoms with Crippen LogP contribution in [0, 0.1) is 5.82 Å². The summed E-state index contributed by atoms with van der Waals surface area (Å²) >= 11 is 11.3. The molecule has 1 rings (SSSR count). The Bertz CT molecular complexity index is 352. The minimum absolute atomic E-state index is 0.0307. The Hall–Kier alpha value is -0.600. The van der Waals surface area contributed by atoms with E-state index in [0.717, 1.165) is 0 Å². The van der Waals surface area contributed by atoms with Gasteiger partial charge in [0.2, 0.25) is 0 Å². The van der Waals surface area contributed by atoms with Gasteiger partial charge >= 0.3 is 0 Å². The first kappa shape index (κ1) is 12.5. The van der Waals surface area contributed by atoms with Gasteiger partial charge in [-0.2, -0.15) is 0 Å². The quantitative estimate of drug-likeness (QED) is 0.728. The number of benzene rings is 1. The van der Waals surface area contributed by atoms with Gasteiger partial charge < -0.3 is 0 Å². The van der Waals surface area contributed by atoms with Crippen molar-refractivity contribution in [3.05, 3.63) is 34.6 Å². The van der Waals surface area contributed by atoms with E-state index in [2.05, 4.69) is 0 Å². The van der Waals surface area contributed by atoms with E-state index >= 15 is 0 Å². The molecule has 0 bridgehead atoms. The molecule has 0 amide bonds. The van der Waals surface area contributed by atoms with Gasteiger partial charge in [-0.05, 0) is 30.2 Å². The van der Waals surface area contributed by atoms with Crippen LogP contribution in [0.3, 0.4) is 0 Å². The molecular weight excluding hydrogens is 238 g/mol. The van der Waals surface area contributed by atoms with Crippen LogP contribution in [0.1, 0.15) is 18.4 Å². The van der Waals surface area contributed by atoms with Gasteiger partial charge in [0.1, 0.15) is 11.6 Å². The molecule has 0 spiro atoms. The molecule has 82 valence electrons. The second kappa shape index (κ2) is 6.09. The summed E-state index contributed by atoms with van der Waals surface area (Å²) in [6, 6.07) is 4.02. The molecule has 0 aliphatic carbocycles. The van der Waals surface area contributed by atoms with Crippen LogP contribution in [-0.2, 0) is 11.2 Å². The smallest absolute Gasteiger partial charge is 0.137 e. The second-order valence-corrected chi connectivity index (χ2v) is 4.03. The first-order valence-corrected chi connectivity index (χ1v) is 5.56. The summed E-state index contributed by atoms with van der Waals surface area (Å²) in [5.41, 5.74) is 0.538. The van der Waals surface area contributed by atoms with E-state index in [4.69, 9.17) is 23.2 Å². The number of halogens is 3. The molecule has 0 fully saturated rings. The van der Waals surface area contributed by atoms with Crippen molar-refractivity contribution < 1.29 is 9.18 Å². The molecule has 0 aromatic heterocycles. The summed E-state index contributed by atoms with van der Waals surface area (Å²) < 4.78 is 12.9. The fraction of sp³-hybridized carbons (Fsp3) is 0.364. The van der Waals surface area contributed by atoms with Crippen molar-refractivity contribution in [1.82, 2.24) is 0 Å². The molecule has 1 nitrogen and oxygen atoms in total. The minimum atomic E-state index is -0.375. The van der Waals surface area contributed by atoms with Gasteiger partial charge in [0.15, 0.2) is 0 Å². The lowest BCUT2D eigenvalue weighted by Crippen LogP contribution is -2.03. The topological polar surface area (TPSA) is 17.1 Å². The lowest BCUT2D eigenvalue weighted by molar-refractivity contribution is -0.118. The average molecular weight is 249 g/mol. The zero-order chi connectivity index (χ0) is 11.3. The molecule has 0 atom stereocenters. The summed E-state index contributed by atoms with van der Waals surface area (Å²) in [5, 5.41) is 0.427. The number of alkyl halides is 1. The van der Waals surface area contributed by atoms with E-state index in [1.165, 1.54) is 18.2 Å². The maximum Gasteiger partial charge on any atom is 0.137 e. The van der Waals surface area contributed by atoms with Gasteiger partial charge in [0, 0.05) is 23.7 Å². The van der Waals surface area contributed by atoms with Crippen LogP contribution in [0.25, 0.3) is 0 Å². The Morgan fingerprint density at radius 3 is 2.80 bits per heavy atom. The number of carbonyl (C=O) groups excluding carboxylic acids is 1. The standard InChI is InChI=1S/C11H11Cl2FO/c12-5-1-2-10(15)7-8-6-9(14)3-4-11(8)13/h3-4,6H,1-2,5,7H2. The van der Waals surface area contributed by atoms with Crippen molar-refractivity contribution in [2.75, 3.05) is 5.88 Å². The highest BCUT2D eigenvalue weighted by Crippen LogP contribution is 2.18. The third-order valence-electron chi connectivity index (χ3n) is 1.98. The average Bonchev–Trinajstić information content (AvgIpc) is 2.20. The van der Waals surface area contributed by atoms with Crippen molar-refractivity contribution in [1.29, 1.82) is 0 Å². The van der Waals surface area contributed by atoms with Crippen molar-refractivity contribution in [3.8, 4) is 0 Å². The summed E-state index contributed by atoms with van der Waals surface area (Å²) in [6.07, 6.45) is 1.23. The SMILES string of the molecule is O=C(CCCCl)Cc1cc(F)ccc1Cl. The largest absolute Gasteiger partial charge is 0.299 e. The second-order valence-electron chi connectivity index (χ2n) is 3.24. The van der Waals surface area contributed by atoms with Gasteiger partial charge in [-0.25, -0.2) is 4.39 Å². The molecule has 0 aliphatic heterocycles. The maximum absolute atomic E-state index is 12.9. The van der Waals surface area contributed by atoms with Gasteiger partial charge in [-0.3, -0.25) is 4.79 Å². The Morgan fingerprint density at radius 1 is 1.40 bits per heavy atom. The van der Waals surface area contributed by atoms with Crippen LogP contribution < -0.4 is 0 Å². The molecule has 1 aromatic carbocycles. The minimum Gasteiger partial charge on any atom is -0.299 e. The van der Waals surface area contributed by atoms with Crippen LogP contribution >= 0.6 is 23.2 Å². The van der Waals surface area contributed by atoms with Gasteiger partial charge in [-0.15, -0.1) is 11.6 Å². The van der Waals surface area contributed by atoms with Crippen molar-refractivity contribution >= 4 is 29.0 Å². The van der Waals surface area contributed by atoms with E-state index in [1.807, 2.05) is 0 Å². The molecule has 1 aromatic rings. The van der Waals surface area contributed by atoms with Crippen LogP contribution in [0.4, 0.5) is 4.39 Å². The van der Waals surface area contributed by atoms with E-state index in [0.29, 0.717) is 29.3 Å². The molecule has 0 heterocycles. The number of ketones is 1. The van der Waals surface area contributed by atoms with Crippen LogP contribution in [0.5, 0.6) is 0 Å². The lowest BCUT2D eigenvalue weighted by Gasteiger charge is -2.03. The zero-order valence-electron chi connectivity index (χ0n) is 8.10. The van der Waals surface area contributed by atoms with Gasteiger partial charge in [0.25, 0.3) is 0 Å². The predicted octanol–water partition coefficient (Wildman–Crippen LogP) is 3.61. The number of Topliss-reactive ketones (excluding diaryl/α,β-unsaturated/α-hetero) is 1. The van der Waals surface area contributed by atoms with Crippen LogP contribution in [-0.4, -0.2) is 11.7 Å². The predicted molar refractivity (Wildman–Crippen MR) is 60.1 cm³/mol. The van der Waals surface area contributed by atoms with Crippen LogP contribution in [0.2, 0.25) is 5.02 Å². The maximum atomic E-state index is 12.9. The fourth-order valence-corrected chi connectivity index (χ4v) is 1.56. The summed E-state index contributed by atoms with van der Waals surface area (Å²) in [4.78, 5) is 11.4. The highest BCUT2D eigenvalue weighted by Gasteiger charge is 2.07. The molecule has 0 N–H and O–H groups in total. The lowest BCUT2D eigenvalue weighted by atomic mass is 10.1. The van der Waals surface area contributed by atoms with Gasteiger partial charge in [-0.1, -0.05) is 11.6 Å². The molecule has 0 saturated heterocycles. The first-order chi connectivity index (χ1) is 7.13. The zero-order valence-corrected chi connectivity index (χ0v) is 9.61. The number of rotatable bonds is 5. The molecule has 0 radical (unpaired) electrons. The third-order valence-corrected chi connectivity index (χ3v) is 2.62. The first-order valence-electron chi connectivity index (χ1n) is 4.65. The third kappa shape index (κ3) is 4.18. The van der Waals surface area contributed by atoms with Crippen molar-refractivity contribution in [2.45, 2.75) is 19.3 Å². The van der Waals surface area contributed by atoms with Crippen molar-refractivity contribution in [3.63, 3.8) is 0 Å². The van der Waals surface area contributed by atoms with E-state index < -0.39 is 0 Å². The molecule has 0 saturated carbocycles. The number of carbonyl (C=O) groups is 1. The Morgan fingerprint density at radius 2 is 2.13 bits per heavy atom. The van der Waals surface area contributed by atoms with Crippen LogP contribution in [0.15, 0.2) is 18.2 Å². The monoisotopic (exact) mass is 248 g/mol. The summed E-state index contributed by atoms with van der Waals surface area (Å²) in [6.45, 7) is 0. The Labute approximate surface area is 98.2 Å². The van der Waals surface area contributed by atoms with Crippen molar-refractivity contribution in [2.24, 2.45) is 0 Å². The number of hydrogen-bond acceptors (Lipinski definition) is 1. The highest BCUT2D eigenvalue weighted by molar-refractivity contribution is 6.31. The molecule has 0 aliphatic rings. The fourth-order valence-electron chi connectivity index (χ4n) is 1.24. The highest BCUT2D eigenvalue weighted by atomic mass is 35.5. The Balaban J connectivity index is 2.63. The molecule has 15 heavy (non-hydrogen) atoms. The molecular formula is C11H11Cl2FO. The number of hydrogen-bond donors (Lipinski definition) is 0. The Kier molecular flexibility index (Phi) is 5.06. The van der Waals surface area contributed by atoms with E-state index in [9.17, 15) is 9.18 Å². The molecule has 0 unspecified atom stereocenters. The summed E-state index contributed by atoms with van der Waals surface area (Å²) in [7, 11) is 0. The molecule has 4 heteroatoms.